The summed E-state index contributed by atoms with van der Waals surface area (Å²) in [5, 5.41) is 12.1. The quantitative estimate of drug-likeness (QED) is 0.250. The fraction of sp³-hybridized carbons (Fsp3) is 0.0833. The number of hydrogen-bond acceptors (Lipinski definition) is 3. The van der Waals surface area contributed by atoms with Crippen molar-refractivity contribution in [1.29, 1.82) is 0 Å². The standard InChI is InChI=1S/C24H19N3O2/c1-17(2)14-21(18-8-4-3-5-9-18)23-16-19-15-20(27(28)29)11-12-22(19)26(23)24-10-6-7-13-25-24/h3-13,15-16H,1-2H3. The van der Waals surface area contributed by atoms with Gasteiger partial charge in [-0.3, -0.25) is 14.7 Å². The Morgan fingerprint density at radius 3 is 2.41 bits per heavy atom. The second-order valence-corrected chi connectivity index (χ2v) is 6.92. The number of nitro benzene ring substituents is 1. The summed E-state index contributed by atoms with van der Waals surface area (Å²) in [5.41, 5.74) is 8.24. The highest BCUT2D eigenvalue weighted by Crippen LogP contribution is 2.33. The molecule has 2 heterocycles. The van der Waals surface area contributed by atoms with E-state index in [2.05, 4.69) is 10.7 Å². The van der Waals surface area contributed by atoms with Crippen LogP contribution in [-0.2, 0) is 0 Å². The van der Waals surface area contributed by atoms with Crippen LogP contribution in [-0.4, -0.2) is 14.5 Å². The summed E-state index contributed by atoms with van der Waals surface area (Å²) in [6.07, 6.45) is 1.74. The first kappa shape index (κ1) is 18.4. The number of nitro groups is 1. The van der Waals surface area contributed by atoms with E-state index in [0.717, 1.165) is 39.1 Å². The Morgan fingerprint density at radius 2 is 1.76 bits per heavy atom. The molecule has 0 N–H and O–H groups in total. The number of nitrogens with zero attached hydrogens (tertiary/aromatic N) is 3. The molecule has 0 fully saturated rings. The highest BCUT2D eigenvalue weighted by molar-refractivity contribution is 5.92. The Hall–Kier alpha value is -3.95. The molecule has 5 nitrogen and oxygen atoms in total. The third kappa shape index (κ3) is 3.59. The minimum absolute atomic E-state index is 0.0645. The Morgan fingerprint density at radius 1 is 1.00 bits per heavy atom. The summed E-state index contributed by atoms with van der Waals surface area (Å²) < 4.78 is 2.03. The lowest BCUT2D eigenvalue weighted by Gasteiger charge is -2.12. The Bertz CT molecular complexity index is 1260. The van der Waals surface area contributed by atoms with Crippen LogP contribution in [0.3, 0.4) is 0 Å². The molecule has 2 aromatic heterocycles. The monoisotopic (exact) mass is 381 g/mol. The van der Waals surface area contributed by atoms with Crippen LogP contribution in [0.4, 0.5) is 5.69 Å². The fourth-order valence-electron chi connectivity index (χ4n) is 3.37. The van der Waals surface area contributed by atoms with Gasteiger partial charge in [-0.2, -0.15) is 0 Å². The van der Waals surface area contributed by atoms with Crippen LogP contribution < -0.4 is 0 Å². The predicted molar refractivity (Wildman–Crippen MR) is 115 cm³/mol. The van der Waals surface area contributed by atoms with Gasteiger partial charge < -0.3 is 0 Å². The van der Waals surface area contributed by atoms with Gasteiger partial charge in [0.15, 0.2) is 0 Å². The molecule has 4 aromatic rings. The van der Waals surface area contributed by atoms with Crippen molar-refractivity contribution < 1.29 is 4.92 Å². The van der Waals surface area contributed by atoms with Crippen LogP contribution in [0.5, 0.6) is 0 Å². The first-order valence-electron chi connectivity index (χ1n) is 9.26. The van der Waals surface area contributed by atoms with Crippen molar-refractivity contribution in [1.82, 2.24) is 9.55 Å². The minimum Gasteiger partial charge on any atom is -0.293 e. The number of fused-ring (bicyclic) bond motifs is 1. The van der Waals surface area contributed by atoms with Crippen LogP contribution in [0.25, 0.3) is 22.3 Å². The van der Waals surface area contributed by atoms with E-state index in [9.17, 15) is 10.1 Å². The lowest BCUT2D eigenvalue weighted by Crippen LogP contribution is -2.02. The van der Waals surface area contributed by atoms with Gasteiger partial charge >= 0.3 is 0 Å². The van der Waals surface area contributed by atoms with Crippen molar-refractivity contribution in [2.45, 2.75) is 13.8 Å². The molecule has 5 heteroatoms. The van der Waals surface area contributed by atoms with Crippen molar-refractivity contribution in [2.75, 3.05) is 0 Å². The number of non-ortho nitro benzene ring substituents is 1. The summed E-state index contributed by atoms with van der Waals surface area (Å²) in [5.74, 6) is 0.746. The molecule has 142 valence electrons. The molecule has 0 atom stereocenters. The number of benzene rings is 2. The average molecular weight is 381 g/mol. The molecule has 0 spiro atoms. The van der Waals surface area contributed by atoms with Gasteiger partial charge in [-0.25, -0.2) is 4.98 Å². The Balaban J connectivity index is 2.10. The smallest absolute Gasteiger partial charge is 0.270 e. The maximum Gasteiger partial charge on any atom is 0.270 e. The van der Waals surface area contributed by atoms with E-state index >= 15 is 0 Å². The fourth-order valence-corrected chi connectivity index (χ4v) is 3.37. The van der Waals surface area contributed by atoms with E-state index in [1.165, 1.54) is 6.07 Å². The number of hydrogen-bond donors (Lipinski definition) is 0. The highest BCUT2D eigenvalue weighted by Gasteiger charge is 2.18. The highest BCUT2D eigenvalue weighted by atomic mass is 16.6. The van der Waals surface area contributed by atoms with E-state index in [0.29, 0.717) is 0 Å². The van der Waals surface area contributed by atoms with E-state index in [4.69, 9.17) is 0 Å². The van der Waals surface area contributed by atoms with Crippen molar-refractivity contribution in [3.8, 4) is 5.82 Å². The SMILES string of the molecule is CC(C)=C=C(c1ccccc1)c1cc2cc([N+](=O)[O-])ccc2n1-c1ccccn1. The summed E-state index contributed by atoms with van der Waals surface area (Å²) in [6, 6.07) is 22.6. The van der Waals surface area contributed by atoms with Crippen LogP contribution in [0.2, 0.25) is 0 Å². The normalized spacial score (nSPS) is 10.6. The molecule has 0 saturated carbocycles. The predicted octanol–water partition coefficient (Wildman–Crippen LogP) is 5.93. The minimum atomic E-state index is -0.374. The van der Waals surface area contributed by atoms with Gasteiger partial charge in [-0.15, -0.1) is 5.73 Å². The lowest BCUT2D eigenvalue weighted by molar-refractivity contribution is -0.384. The largest absolute Gasteiger partial charge is 0.293 e. The van der Waals surface area contributed by atoms with E-state index in [-0.39, 0.29) is 10.6 Å². The molecule has 0 unspecified atom stereocenters. The van der Waals surface area contributed by atoms with E-state index in [1.54, 1.807) is 18.3 Å². The maximum absolute atomic E-state index is 11.3. The lowest BCUT2D eigenvalue weighted by atomic mass is 10.0. The molecule has 0 amide bonds. The second kappa shape index (κ2) is 7.58. The van der Waals surface area contributed by atoms with Crippen LogP contribution in [0, 0.1) is 10.1 Å². The molecule has 0 saturated heterocycles. The van der Waals surface area contributed by atoms with Gasteiger partial charge in [0.2, 0.25) is 0 Å². The van der Waals surface area contributed by atoms with Crippen molar-refractivity contribution in [3.63, 3.8) is 0 Å². The third-order valence-corrected chi connectivity index (χ3v) is 4.57. The summed E-state index contributed by atoms with van der Waals surface area (Å²) in [7, 11) is 0. The Kier molecular flexibility index (Phi) is 4.82. The van der Waals surface area contributed by atoms with Gasteiger partial charge in [-0.05, 0) is 49.2 Å². The first-order chi connectivity index (χ1) is 14.0. The number of allylic oxidation sites excluding steroid dienone is 1. The summed E-state index contributed by atoms with van der Waals surface area (Å²) in [4.78, 5) is 15.4. The zero-order valence-electron chi connectivity index (χ0n) is 16.2. The summed E-state index contributed by atoms with van der Waals surface area (Å²) >= 11 is 0. The van der Waals surface area contributed by atoms with Gasteiger partial charge in [-0.1, -0.05) is 36.4 Å². The average Bonchev–Trinajstić information content (AvgIpc) is 3.11. The first-order valence-corrected chi connectivity index (χ1v) is 9.26. The van der Waals surface area contributed by atoms with E-state index < -0.39 is 0 Å². The van der Waals surface area contributed by atoms with E-state index in [1.807, 2.05) is 73.0 Å². The zero-order chi connectivity index (χ0) is 20.4. The van der Waals surface area contributed by atoms with Gasteiger partial charge in [0.05, 0.1) is 16.1 Å². The maximum atomic E-state index is 11.3. The molecule has 2 aromatic carbocycles. The van der Waals surface area contributed by atoms with Crippen molar-refractivity contribution >= 4 is 22.2 Å². The number of aromatic nitrogens is 2. The van der Waals surface area contributed by atoms with Crippen molar-refractivity contribution in [3.05, 3.63) is 112 Å². The molecule has 0 aliphatic rings. The Labute approximate surface area is 168 Å². The summed E-state index contributed by atoms with van der Waals surface area (Å²) in [6.45, 7) is 4.00. The molecule has 4 rings (SSSR count). The molecular formula is C24H19N3O2. The van der Waals surface area contributed by atoms with Crippen molar-refractivity contribution in [2.24, 2.45) is 0 Å². The topological polar surface area (TPSA) is 61.0 Å². The van der Waals surface area contributed by atoms with Gasteiger partial charge in [0.25, 0.3) is 5.69 Å². The molecule has 29 heavy (non-hydrogen) atoms. The van der Waals surface area contributed by atoms with Gasteiger partial charge in [0.1, 0.15) is 5.82 Å². The van der Waals surface area contributed by atoms with Crippen LogP contribution in [0.1, 0.15) is 25.1 Å². The molecular weight excluding hydrogens is 362 g/mol. The number of pyridine rings is 1. The van der Waals surface area contributed by atoms with Crippen LogP contribution >= 0.6 is 0 Å². The van der Waals surface area contributed by atoms with Crippen LogP contribution in [0.15, 0.2) is 90.3 Å². The zero-order valence-corrected chi connectivity index (χ0v) is 16.2. The molecule has 0 aliphatic carbocycles. The third-order valence-electron chi connectivity index (χ3n) is 4.57. The molecule has 0 radical (unpaired) electrons. The van der Waals surface area contributed by atoms with Gasteiger partial charge in [0, 0.05) is 29.3 Å². The molecule has 0 bridgehead atoms. The molecule has 0 aliphatic heterocycles. The number of rotatable bonds is 4. The second-order valence-electron chi connectivity index (χ2n) is 6.92.